The minimum Gasteiger partial charge on any atom is -0.281 e. The van der Waals surface area contributed by atoms with E-state index in [2.05, 4.69) is 0 Å². The standard InChI is InChI=1S/C6H4ClNO3S/c7-5(9)3-4-1-2-6(12-4)8(10)11/h1-2H,3H2. The summed E-state index contributed by atoms with van der Waals surface area (Å²) in [6, 6.07) is 2.89. The Morgan fingerprint density at radius 1 is 1.67 bits per heavy atom. The summed E-state index contributed by atoms with van der Waals surface area (Å²) in [5.74, 6) is 0. The van der Waals surface area contributed by atoms with E-state index in [1.165, 1.54) is 12.1 Å². The van der Waals surface area contributed by atoms with E-state index in [1.54, 1.807) is 0 Å². The van der Waals surface area contributed by atoms with E-state index >= 15 is 0 Å². The van der Waals surface area contributed by atoms with Crippen LogP contribution in [0.2, 0.25) is 0 Å². The third-order valence-corrected chi connectivity index (χ3v) is 2.31. The Bertz CT molecular complexity index is 322. The van der Waals surface area contributed by atoms with Gasteiger partial charge in [0.1, 0.15) is 0 Å². The van der Waals surface area contributed by atoms with E-state index in [-0.39, 0.29) is 11.4 Å². The second-order valence-electron chi connectivity index (χ2n) is 2.03. The molecule has 0 amide bonds. The Morgan fingerprint density at radius 2 is 2.33 bits per heavy atom. The van der Waals surface area contributed by atoms with Crippen LogP contribution in [0.4, 0.5) is 5.00 Å². The minimum absolute atomic E-state index is 0.0305. The van der Waals surface area contributed by atoms with E-state index in [1.807, 2.05) is 0 Å². The maximum Gasteiger partial charge on any atom is 0.324 e. The summed E-state index contributed by atoms with van der Waals surface area (Å²) >= 11 is 6.06. The van der Waals surface area contributed by atoms with Crippen molar-refractivity contribution in [1.82, 2.24) is 0 Å². The second-order valence-corrected chi connectivity index (χ2v) is 3.60. The van der Waals surface area contributed by atoms with Crippen LogP contribution in [0.3, 0.4) is 0 Å². The van der Waals surface area contributed by atoms with Crippen LogP contribution >= 0.6 is 22.9 Å². The first-order chi connectivity index (χ1) is 5.59. The Morgan fingerprint density at radius 3 is 2.75 bits per heavy atom. The van der Waals surface area contributed by atoms with Crippen LogP contribution in [-0.4, -0.2) is 10.2 Å². The molecule has 1 heterocycles. The molecule has 0 fully saturated rings. The number of hydrogen-bond acceptors (Lipinski definition) is 4. The zero-order valence-electron chi connectivity index (χ0n) is 5.82. The van der Waals surface area contributed by atoms with Crippen LogP contribution in [0.1, 0.15) is 4.88 Å². The van der Waals surface area contributed by atoms with Crippen LogP contribution in [0, 0.1) is 10.1 Å². The molecule has 4 nitrogen and oxygen atoms in total. The van der Waals surface area contributed by atoms with Gasteiger partial charge in [0, 0.05) is 10.9 Å². The van der Waals surface area contributed by atoms with Crippen molar-refractivity contribution in [3.63, 3.8) is 0 Å². The summed E-state index contributed by atoms with van der Waals surface area (Å²) in [5.41, 5.74) is 0. The van der Waals surface area contributed by atoms with E-state index in [0.29, 0.717) is 4.88 Å². The number of carbonyl (C=O) groups is 1. The summed E-state index contributed by atoms with van der Waals surface area (Å²) < 4.78 is 0. The van der Waals surface area contributed by atoms with Gasteiger partial charge in [0.05, 0.1) is 11.3 Å². The third kappa shape index (κ3) is 2.28. The van der Waals surface area contributed by atoms with Gasteiger partial charge in [-0.2, -0.15) is 0 Å². The van der Waals surface area contributed by atoms with Crippen molar-refractivity contribution in [1.29, 1.82) is 0 Å². The van der Waals surface area contributed by atoms with Crippen LogP contribution in [0.5, 0.6) is 0 Å². The molecule has 0 saturated carbocycles. The summed E-state index contributed by atoms with van der Waals surface area (Å²) in [5, 5.41) is 9.72. The van der Waals surface area contributed by atoms with Gasteiger partial charge in [-0.1, -0.05) is 11.3 Å². The summed E-state index contributed by atoms with van der Waals surface area (Å²) in [4.78, 5) is 20.7. The van der Waals surface area contributed by atoms with Crippen molar-refractivity contribution in [2.75, 3.05) is 0 Å². The number of halogens is 1. The maximum absolute atomic E-state index is 10.4. The quantitative estimate of drug-likeness (QED) is 0.431. The van der Waals surface area contributed by atoms with Gasteiger partial charge >= 0.3 is 5.00 Å². The molecule has 0 aliphatic rings. The molecule has 0 saturated heterocycles. The molecule has 64 valence electrons. The molecule has 0 unspecified atom stereocenters. The van der Waals surface area contributed by atoms with Crippen LogP contribution in [0.15, 0.2) is 12.1 Å². The van der Waals surface area contributed by atoms with Crippen molar-refractivity contribution >= 4 is 33.2 Å². The molecule has 0 spiro atoms. The second kappa shape index (κ2) is 3.64. The van der Waals surface area contributed by atoms with Crippen LogP contribution in [-0.2, 0) is 11.2 Å². The van der Waals surface area contributed by atoms with Gasteiger partial charge in [-0.15, -0.1) is 0 Å². The lowest BCUT2D eigenvalue weighted by Crippen LogP contribution is -1.88. The lowest BCUT2D eigenvalue weighted by Gasteiger charge is -1.84. The number of nitro groups is 1. The van der Waals surface area contributed by atoms with Gasteiger partial charge < -0.3 is 0 Å². The van der Waals surface area contributed by atoms with Gasteiger partial charge in [0.15, 0.2) is 0 Å². The average Bonchev–Trinajstić information content (AvgIpc) is 2.34. The zero-order valence-corrected chi connectivity index (χ0v) is 7.39. The monoisotopic (exact) mass is 205 g/mol. The number of nitrogens with zero attached hydrogens (tertiary/aromatic N) is 1. The number of hydrogen-bond donors (Lipinski definition) is 0. The number of carbonyl (C=O) groups excluding carboxylic acids is 1. The highest BCUT2D eigenvalue weighted by Crippen LogP contribution is 2.24. The molecule has 1 aromatic rings. The van der Waals surface area contributed by atoms with Crippen LogP contribution in [0.25, 0.3) is 0 Å². The Hall–Kier alpha value is -0.940. The van der Waals surface area contributed by atoms with Crippen molar-refractivity contribution < 1.29 is 9.72 Å². The fraction of sp³-hybridized carbons (Fsp3) is 0.167. The number of rotatable bonds is 3. The fourth-order valence-electron chi connectivity index (χ4n) is 0.697. The van der Waals surface area contributed by atoms with Crippen LogP contribution < -0.4 is 0 Å². The lowest BCUT2D eigenvalue weighted by atomic mass is 10.4. The maximum atomic E-state index is 10.4. The smallest absolute Gasteiger partial charge is 0.281 e. The van der Waals surface area contributed by atoms with Gasteiger partial charge in [0.25, 0.3) is 0 Å². The van der Waals surface area contributed by atoms with Gasteiger partial charge in [-0.05, 0) is 17.7 Å². The average molecular weight is 206 g/mol. The highest BCUT2D eigenvalue weighted by molar-refractivity contribution is 7.15. The molecule has 1 aromatic heterocycles. The molecule has 0 N–H and O–H groups in total. The highest BCUT2D eigenvalue weighted by atomic mass is 35.5. The van der Waals surface area contributed by atoms with E-state index in [9.17, 15) is 14.9 Å². The first kappa shape index (κ1) is 9.15. The first-order valence-corrected chi connectivity index (χ1v) is 4.20. The molecule has 0 aliphatic carbocycles. The predicted molar refractivity (Wildman–Crippen MR) is 45.5 cm³/mol. The predicted octanol–water partition coefficient (Wildman–Crippen LogP) is 1.96. The topological polar surface area (TPSA) is 60.2 Å². The van der Waals surface area contributed by atoms with E-state index in [0.717, 1.165) is 11.3 Å². The van der Waals surface area contributed by atoms with E-state index in [4.69, 9.17) is 11.6 Å². The minimum atomic E-state index is -0.508. The molecule has 0 atom stereocenters. The molecule has 0 radical (unpaired) electrons. The highest BCUT2D eigenvalue weighted by Gasteiger charge is 2.10. The summed E-state index contributed by atoms with van der Waals surface area (Å²) in [7, 11) is 0. The lowest BCUT2D eigenvalue weighted by molar-refractivity contribution is -0.380. The SMILES string of the molecule is O=C(Cl)Cc1ccc([N+](=O)[O-])s1. The Kier molecular flexibility index (Phi) is 2.78. The molecule has 12 heavy (non-hydrogen) atoms. The van der Waals surface area contributed by atoms with Crippen molar-refractivity contribution in [2.24, 2.45) is 0 Å². The fourth-order valence-corrected chi connectivity index (χ4v) is 1.74. The molecule has 0 aliphatic heterocycles. The molecule has 6 heteroatoms. The molecular formula is C6H4ClNO3S. The molecule has 1 rings (SSSR count). The van der Waals surface area contributed by atoms with Crippen molar-refractivity contribution in [3.05, 3.63) is 27.1 Å². The number of thiophene rings is 1. The first-order valence-electron chi connectivity index (χ1n) is 3.01. The third-order valence-electron chi connectivity index (χ3n) is 1.14. The normalized spacial score (nSPS) is 9.75. The van der Waals surface area contributed by atoms with E-state index < -0.39 is 10.2 Å². The van der Waals surface area contributed by atoms with Crippen molar-refractivity contribution in [3.8, 4) is 0 Å². The zero-order chi connectivity index (χ0) is 9.14. The van der Waals surface area contributed by atoms with Gasteiger partial charge in [-0.3, -0.25) is 14.9 Å². The van der Waals surface area contributed by atoms with Gasteiger partial charge in [0.2, 0.25) is 5.24 Å². The summed E-state index contributed by atoms with van der Waals surface area (Å²) in [6.45, 7) is 0. The molecule has 0 bridgehead atoms. The van der Waals surface area contributed by atoms with Crippen molar-refractivity contribution in [2.45, 2.75) is 6.42 Å². The van der Waals surface area contributed by atoms with Gasteiger partial charge in [-0.25, -0.2) is 0 Å². The molecule has 0 aromatic carbocycles. The molecular weight excluding hydrogens is 202 g/mol. The summed E-state index contributed by atoms with van der Waals surface area (Å²) in [6.07, 6.45) is 0.0556. The Balaban J connectivity index is 2.77. The largest absolute Gasteiger partial charge is 0.324 e. The Labute approximate surface area is 76.9 Å².